The van der Waals surface area contributed by atoms with Gasteiger partial charge in [-0.05, 0) is 0 Å². The molecule has 0 spiro atoms. The molecule has 4 aromatic carbocycles. The average molecular weight is 1300 g/mol. The van der Waals surface area contributed by atoms with E-state index in [-0.39, 0.29) is 112 Å². The first-order valence-electron chi connectivity index (χ1n) is 11.7. The SMILES string of the molecule is CCc1c([I-]C)c([I-]C)c(C(C)N)c2c1c([I-]C)c(I)c1c(I)c(O)c3c(C)c(N)c([I-]C)c([I-]C)c3c12. The fourth-order valence-corrected chi connectivity index (χ4v) is 24.1. The average Bonchev–Trinajstić information content (AvgIpc) is 2.90. The van der Waals surface area contributed by atoms with Gasteiger partial charge in [0.15, 0.2) is 0 Å². The molecule has 5 N–H and O–H groups in total. The molecular weight excluding hydrogens is 1270 g/mol. The normalized spacial score (nSPS) is 13.3. The molecule has 4 aromatic rings. The van der Waals surface area contributed by atoms with Gasteiger partial charge in [0.2, 0.25) is 0 Å². The molecule has 1 atom stereocenters. The third-order valence-corrected chi connectivity index (χ3v) is 23.2. The number of phenolic OH excluding ortho intramolecular Hbond substituents is 1. The molecule has 0 bridgehead atoms. The third-order valence-electron chi connectivity index (χ3n) is 6.99. The van der Waals surface area contributed by atoms with E-state index >= 15 is 0 Å². The number of phenols is 1. The number of hydrogen-bond donors (Lipinski definition) is 3. The summed E-state index contributed by atoms with van der Waals surface area (Å²) in [5, 5.41) is 19.6. The standard InChI is InChI=1S/C28H32I7N2O/c1-9-12-15-16(14(11(3)36)24(33-6)22(12)31-4)17-18-13(10(2)27(37)26(35-8)25(18)34-7)28(38)21(30)19(17)20(29)23(15)32-5/h11,38H,9,36-37H2,1-8H3/q-5. The Bertz CT molecular complexity index is 1620. The molecule has 4 rings (SSSR count). The van der Waals surface area contributed by atoms with E-state index in [0.717, 1.165) is 26.6 Å². The van der Waals surface area contributed by atoms with Gasteiger partial charge in [-0.25, -0.2) is 0 Å². The Morgan fingerprint density at radius 1 is 0.711 bits per heavy atom. The Kier molecular flexibility index (Phi) is 11.8. The number of nitrogen functional groups attached to an aromatic ring is 1. The van der Waals surface area contributed by atoms with Gasteiger partial charge >= 0.3 is 311 Å². The zero-order valence-electron chi connectivity index (χ0n) is 22.5. The first-order chi connectivity index (χ1) is 18.1. The predicted octanol–water partition coefficient (Wildman–Crippen LogP) is -9.02. The van der Waals surface area contributed by atoms with E-state index in [2.05, 4.69) is 90.6 Å². The summed E-state index contributed by atoms with van der Waals surface area (Å²) in [6, 6.07) is -0.0345. The molecule has 0 radical (unpaired) electrons. The van der Waals surface area contributed by atoms with Crippen LogP contribution in [0.2, 0.25) is 0 Å². The summed E-state index contributed by atoms with van der Waals surface area (Å²) in [4.78, 5) is 11.9. The van der Waals surface area contributed by atoms with Gasteiger partial charge in [0.05, 0.1) is 0 Å². The molecule has 0 aliphatic carbocycles. The van der Waals surface area contributed by atoms with Crippen LogP contribution in [-0.4, -0.2) is 29.8 Å². The van der Waals surface area contributed by atoms with E-state index in [4.69, 9.17) is 11.5 Å². The van der Waals surface area contributed by atoms with Crippen LogP contribution >= 0.6 is 45.2 Å². The number of fused-ring (bicyclic) bond motifs is 5. The molecule has 0 saturated carbocycles. The van der Waals surface area contributed by atoms with Crippen molar-refractivity contribution in [3.05, 3.63) is 41.7 Å². The molecule has 0 aromatic heterocycles. The van der Waals surface area contributed by atoms with E-state index in [9.17, 15) is 5.11 Å². The van der Waals surface area contributed by atoms with Crippen molar-refractivity contribution in [1.29, 1.82) is 0 Å². The second kappa shape index (κ2) is 13.5. The summed E-state index contributed by atoms with van der Waals surface area (Å²) in [6.45, 7) is 6.66. The Balaban J connectivity index is 2.66. The third kappa shape index (κ3) is 5.10. The van der Waals surface area contributed by atoms with Crippen molar-refractivity contribution in [2.24, 2.45) is 5.73 Å². The van der Waals surface area contributed by atoms with Crippen LogP contribution in [0.3, 0.4) is 0 Å². The van der Waals surface area contributed by atoms with Crippen molar-refractivity contribution in [2.75, 3.05) is 30.4 Å². The van der Waals surface area contributed by atoms with Crippen LogP contribution in [0.5, 0.6) is 5.75 Å². The van der Waals surface area contributed by atoms with Crippen LogP contribution in [0.4, 0.5) is 5.69 Å². The van der Waals surface area contributed by atoms with Crippen molar-refractivity contribution >= 4 is 83.2 Å². The summed E-state index contributed by atoms with van der Waals surface area (Å²) in [6.07, 6.45) is 1.06. The number of anilines is 1. The number of halogens is 7. The molecule has 3 nitrogen and oxygen atoms in total. The number of rotatable bonds is 7. The van der Waals surface area contributed by atoms with Gasteiger partial charge in [0.25, 0.3) is 0 Å². The van der Waals surface area contributed by atoms with Gasteiger partial charge in [-0.2, -0.15) is 0 Å². The summed E-state index contributed by atoms with van der Waals surface area (Å²) in [5.41, 5.74) is 18.7. The molecule has 0 fully saturated rings. The topological polar surface area (TPSA) is 72.3 Å². The van der Waals surface area contributed by atoms with Crippen molar-refractivity contribution in [2.45, 2.75) is 33.2 Å². The molecule has 1 unspecified atom stereocenters. The number of hydrogen-bond acceptors (Lipinski definition) is 3. The zero-order valence-corrected chi connectivity index (χ0v) is 37.6. The minimum atomic E-state index is -0.265. The van der Waals surface area contributed by atoms with Gasteiger partial charge in [-0.15, -0.1) is 0 Å². The maximum absolute atomic E-state index is 11.8. The number of benzene rings is 4. The Labute approximate surface area is 305 Å². The molecule has 0 aliphatic heterocycles. The van der Waals surface area contributed by atoms with Gasteiger partial charge in [0.1, 0.15) is 0 Å². The zero-order chi connectivity index (χ0) is 28.2. The van der Waals surface area contributed by atoms with E-state index in [1.54, 1.807) is 12.7 Å². The second-order valence-electron chi connectivity index (χ2n) is 8.81. The van der Waals surface area contributed by atoms with Gasteiger partial charge < -0.3 is 0 Å². The van der Waals surface area contributed by atoms with Gasteiger partial charge in [0, 0.05) is 0 Å². The van der Waals surface area contributed by atoms with Crippen molar-refractivity contribution < 1.29 is 111 Å². The summed E-state index contributed by atoms with van der Waals surface area (Å²) < 4.78 is 9.93. The van der Waals surface area contributed by atoms with Crippen LogP contribution < -0.4 is 117 Å². The molecule has 0 amide bonds. The second-order valence-corrected chi connectivity index (χ2v) is 21.8. The quantitative estimate of drug-likeness (QED) is 0.0747. The predicted molar refractivity (Wildman–Crippen MR) is 160 cm³/mol. The molecule has 214 valence electrons. The summed E-state index contributed by atoms with van der Waals surface area (Å²) >= 11 is 4.12. The number of nitrogens with two attached hydrogens (primary N) is 2. The van der Waals surface area contributed by atoms with E-state index in [1.165, 1.54) is 46.8 Å². The van der Waals surface area contributed by atoms with Crippen LogP contribution in [-0.2, 0) is 6.42 Å². The number of aryl methyl sites for hydroxylation is 2. The van der Waals surface area contributed by atoms with Crippen LogP contribution in [0.25, 0.3) is 32.3 Å². The Morgan fingerprint density at radius 2 is 1.26 bits per heavy atom. The molecule has 0 aliphatic rings. The monoisotopic (exact) mass is 1300 g/mol. The van der Waals surface area contributed by atoms with E-state index in [0.29, 0.717) is 5.75 Å². The number of aromatic hydroxyl groups is 1. The van der Waals surface area contributed by atoms with Crippen molar-refractivity contribution in [3.8, 4) is 5.75 Å². The van der Waals surface area contributed by atoms with Crippen LogP contribution in [0.1, 0.15) is 36.6 Å². The first-order valence-corrected chi connectivity index (χ1v) is 30.1. The summed E-state index contributed by atoms with van der Waals surface area (Å²) in [7, 11) is 0. The van der Waals surface area contributed by atoms with Crippen LogP contribution in [0.15, 0.2) is 0 Å². The Hall–Kier alpha value is 2.33. The summed E-state index contributed by atoms with van der Waals surface area (Å²) in [5.74, 6) is 0.409. The Morgan fingerprint density at radius 3 is 1.74 bits per heavy atom. The van der Waals surface area contributed by atoms with Gasteiger partial charge in [-0.1, -0.05) is 0 Å². The fraction of sp³-hybridized carbons (Fsp3) is 0.357. The van der Waals surface area contributed by atoms with Crippen LogP contribution in [0, 0.1) is 31.9 Å². The maximum atomic E-state index is 11.8. The first kappa shape index (κ1) is 33.2. The molecule has 38 heavy (non-hydrogen) atoms. The molecule has 0 saturated heterocycles. The van der Waals surface area contributed by atoms with Crippen molar-refractivity contribution in [1.82, 2.24) is 0 Å². The molecule has 0 heterocycles. The number of alkyl halides is 5. The van der Waals surface area contributed by atoms with E-state index in [1.807, 2.05) is 0 Å². The molecule has 10 heteroatoms. The molecular formula is C28H32I7N2O-5. The minimum absolute atomic E-state index is 0.0345. The van der Waals surface area contributed by atoms with E-state index < -0.39 is 0 Å². The van der Waals surface area contributed by atoms with Gasteiger partial charge in [-0.3, -0.25) is 0 Å². The fourth-order valence-electron chi connectivity index (χ4n) is 5.43. The van der Waals surface area contributed by atoms with Crippen molar-refractivity contribution in [3.63, 3.8) is 0 Å².